The summed E-state index contributed by atoms with van der Waals surface area (Å²) in [5, 5.41) is 0.333. The lowest BCUT2D eigenvalue weighted by molar-refractivity contribution is 0.145. The molecule has 0 bridgehead atoms. The van der Waals surface area contributed by atoms with Gasteiger partial charge in [0.25, 0.3) is 0 Å². The minimum absolute atomic E-state index is 0.333. The van der Waals surface area contributed by atoms with Gasteiger partial charge in [0.15, 0.2) is 0 Å². The predicted molar refractivity (Wildman–Crippen MR) is 65.5 cm³/mol. The van der Waals surface area contributed by atoms with Gasteiger partial charge in [-0.15, -0.1) is 5.54 Å². The summed E-state index contributed by atoms with van der Waals surface area (Å²) in [5.74, 6) is 3.15. The number of epoxide rings is 1. The second-order valence-corrected chi connectivity index (χ2v) is 10.6. The summed E-state index contributed by atoms with van der Waals surface area (Å²) in [6.07, 6.45) is 0.347. The lowest BCUT2D eigenvalue weighted by Crippen LogP contribution is -2.35. The molecule has 1 aliphatic heterocycles. The molecule has 1 rings (SSSR count). The summed E-state index contributed by atoms with van der Waals surface area (Å²) >= 11 is 0. The Bertz CT molecular complexity index is 264. The standard InChI is InChI=1S/C12H22O2Si/c1-12(2,3)15(4,5)8-6-7-13-9-11-10-14-11/h11H,7,9-10H2,1-5H3/t11-/m0/s1. The normalized spacial score (nSPS) is 20.7. The molecule has 0 aliphatic carbocycles. The molecule has 15 heavy (non-hydrogen) atoms. The molecular weight excluding hydrogens is 204 g/mol. The molecular formula is C12H22O2Si. The Morgan fingerprint density at radius 2 is 2.00 bits per heavy atom. The highest BCUT2D eigenvalue weighted by Gasteiger charge is 2.33. The van der Waals surface area contributed by atoms with Crippen LogP contribution in [0.2, 0.25) is 18.1 Å². The minimum atomic E-state index is -1.44. The summed E-state index contributed by atoms with van der Waals surface area (Å²) in [6, 6.07) is 0. The Morgan fingerprint density at radius 3 is 2.47 bits per heavy atom. The third-order valence-corrected chi connectivity index (χ3v) is 7.71. The smallest absolute Gasteiger partial charge is 0.137 e. The van der Waals surface area contributed by atoms with Crippen LogP contribution in [-0.4, -0.2) is 34.0 Å². The molecule has 0 saturated carbocycles. The van der Waals surface area contributed by atoms with Gasteiger partial charge >= 0.3 is 0 Å². The van der Waals surface area contributed by atoms with Gasteiger partial charge < -0.3 is 9.47 Å². The molecule has 1 heterocycles. The quantitative estimate of drug-likeness (QED) is 0.319. The molecule has 1 saturated heterocycles. The summed E-state index contributed by atoms with van der Waals surface area (Å²) < 4.78 is 10.4. The van der Waals surface area contributed by atoms with Gasteiger partial charge in [0.05, 0.1) is 13.2 Å². The van der Waals surface area contributed by atoms with Gasteiger partial charge in [0.1, 0.15) is 20.8 Å². The zero-order chi connectivity index (χ0) is 11.5. The zero-order valence-corrected chi connectivity index (χ0v) is 11.5. The zero-order valence-electron chi connectivity index (χ0n) is 10.5. The fourth-order valence-corrected chi connectivity index (χ4v) is 1.74. The maximum absolute atomic E-state index is 5.39. The molecule has 0 amide bonds. The molecule has 0 spiro atoms. The van der Waals surface area contributed by atoms with Crippen LogP contribution in [0.15, 0.2) is 0 Å². The van der Waals surface area contributed by atoms with Crippen LogP contribution in [0.1, 0.15) is 20.8 Å². The highest BCUT2D eigenvalue weighted by molar-refractivity contribution is 6.87. The monoisotopic (exact) mass is 226 g/mol. The van der Waals surface area contributed by atoms with Crippen LogP contribution in [0.25, 0.3) is 0 Å². The van der Waals surface area contributed by atoms with Crippen molar-refractivity contribution in [3.05, 3.63) is 0 Å². The van der Waals surface area contributed by atoms with Crippen molar-refractivity contribution in [1.29, 1.82) is 0 Å². The molecule has 0 radical (unpaired) electrons. The Labute approximate surface area is 94.4 Å². The molecule has 2 nitrogen and oxygen atoms in total. The van der Waals surface area contributed by atoms with E-state index < -0.39 is 8.07 Å². The van der Waals surface area contributed by atoms with E-state index in [1.807, 2.05) is 0 Å². The van der Waals surface area contributed by atoms with E-state index in [2.05, 4.69) is 45.3 Å². The van der Waals surface area contributed by atoms with Gasteiger partial charge in [-0.3, -0.25) is 0 Å². The second-order valence-electron chi connectivity index (χ2n) is 5.65. The van der Waals surface area contributed by atoms with E-state index in [-0.39, 0.29) is 0 Å². The van der Waals surface area contributed by atoms with Crippen molar-refractivity contribution in [2.45, 2.75) is 45.0 Å². The fourth-order valence-electron chi connectivity index (χ4n) is 0.850. The Balaban J connectivity index is 2.28. The first kappa shape index (κ1) is 12.8. The molecule has 1 fully saturated rings. The van der Waals surface area contributed by atoms with Crippen molar-refractivity contribution in [3.63, 3.8) is 0 Å². The average molecular weight is 226 g/mol. The van der Waals surface area contributed by atoms with E-state index >= 15 is 0 Å². The summed E-state index contributed by atoms with van der Waals surface area (Å²) in [6.45, 7) is 13.5. The third-order valence-electron chi connectivity index (χ3n) is 3.16. The van der Waals surface area contributed by atoms with E-state index in [0.717, 1.165) is 6.61 Å². The summed E-state index contributed by atoms with van der Waals surface area (Å²) in [5.41, 5.74) is 3.42. The van der Waals surface area contributed by atoms with Crippen molar-refractivity contribution >= 4 is 8.07 Å². The van der Waals surface area contributed by atoms with Crippen molar-refractivity contribution in [2.24, 2.45) is 0 Å². The Hall–Kier alpha value is -0.303. The third kappa shape index (κ3) is 4.37. The van der Waals surface area contributed by atoms with Gasteiger partial charge in [-0.05, 0) is 5.04 Å². The largest absolute Gasteiger partial charge is 0.371 e. The minimum Gasteiger partial charge on any atom is -0.371 e. The molecule has 3 heteroatoms. The topological polar surface area (TPSA) is 21.8 Å². The molecule has 0 aromatic rings. The highest BCUT2D eigenvalue weighted by Crippen LogP contribution is 2.34. The highest BCUT2D eigenvalue weighted by atomic mass is 28.3. The Kier molecular flexibility index (Phi) is 3.99. The van der Waals surface area contributed by atoms with Gasteiger partial charge in [-0.1, -0.05) is 39.8 Å². The van der Waals surface area contributed by atoms with Gasteiger partial charge in [0.2, 0.25) is 0 Å². The number of rotatable bonds is 3. The van der Waals surface area contributed by atoms with E-state index in [9.17, 15) is 0 Å². The lowest BCUT2D eigenvalue weighted by Gasteiger charge is -2.31. The molecule has 1 atom stereocenters. The summed E-state index contributed by atoms with van der Waals surface area (Å²) in [4.78, 5) is 0. The van der Waals surface area contributed by atoms with E-state index in [1.54, 1.807) is 0 Å². The number of hydrogen-bond donors (Lipinski definition) is 0. The van der Waals surface area contributed by atoms with E-state index in [4.69, 9.17) is 9.47 Å². The van der Waals surface area contributed by atoms with E-state index in [1.165, 1.54) is 0 Å². The van der Waals surface area contributed by atoms with Crippen molar-refractivity contribution in [2.75, 3.05) is 19.8 Å². The predicted octanol–water partition coefficient (Wildman–Crippen LogP) is 2.45. The van der Waals surface area contributed by atoms with Crippen LogP contribution in [0.4, 0.5) is 0 Å². The SMILES string of the molecule is CC(C)(C)[Si](C)(C)C#CCOC[C@H]1CO1. The van der Waals surface area contributed by atoms with Crippen LogP contribution in [-0.2, 0) is 9.47 Å². The first-order valence-electron chi connectivity index (χ1n) is 5.52. The Morgan fingerprint density at radius 1 is 1.40 bits per heavy atom. The molecule has 0 aromatic carbocycles. The van der Waals surface area contributed by atoms with Crippen LogP contribution >= 0.6 is 0 Å². The van der Waals surface area contributed by atoms with Gasteiger partial charge in [-0.2, -0.15) is 0 Å². The molecule has 1 aliphatic rings. The molecule has 86 valence electrons. The number of hydrogen-bond acceptors (Lipinski definition) is 2. The molecule has 0 aromatic heterocycles. The van der Waals surface area contributed by atoms with Crippen LogP contribution in [0.5, 0.6) is 0 Å². The second kappa shape index (κ2) is 4.69. The van der Waals surface area contributed by atoms with Crippen molar-refractivity contribution in [3.8, 4) is 11.5 Å². The lowest BCUT2D eigenvalue weighted by atomic mass is 10.2. The van der Waals surface area contributed by atoms with Crippen molar-refractivity contribution < 1.29 is 9.47 Å². The first-order chi connectivity index (χ1) is 6.83. The van der Waals surface area contributed by atoms with Crippen LogP contribution in [0, 0.1) is 11.5 Å². The maximum Gasteiger partial charge on any atom is 0.137 e. The van der Waals surface area contributed by atoms with Crippen molar-refractivity contribution in [1.82, 2.24) is 0 Å². The van der Waals surface area contributed by atoms with Crippen LogP contribution < -0.4 is 0 Å². The molecule has 0 N–H and O–H groups in total. The maximum atomic E-state index is 5.39. The van der Waals surface area contributed by atoms with Crippen LogP contribution in [0.3, 0.4) is 0 Å². The summed E-state index contributed by atoms with van der Waals surface area (Å²) in [7, 11) is -1.44. The van der Waals surface area contributed by atoms with E-state index in [0.29, 0.717) is 24.4 Å². The first-order valence-corrected chi connectivity index (χ1v) is 8.52. The van der Waals surface area contributed by atoms with Gasteiger partial charge in [-0.25, -0.2) is 0 Å². The molecule has 0 unspecified atom stereocenters. The van der Waals surface area contributed by atoms with Gasteiger partial charge in [0, 0.05) is 0 Å². The number of ether oxygens (including phenoxy) is 2. The fraction of sp³-hybridized carbons (Fsp3) is 0.833. The average Bonchev–Trinajstić information content (AvgIpc) is 2.85.